The average Bonchev–Trinajstić information content (AvgIpc) is 2.39. The van der Waals surface area contributed by atoms with Gasteiger partial charge in [0.25, 0.3) is 0 Å². The van der Waals surface area contributed by atoms with E-state index in [4.69, 9.17) is 11.6 Å². The minimum absolute atomic E-state index is 0.00139. The SMILES string of the molecule is CC1CN(C(c2ccc(Cl)cc2)C2CC(F)(F)C2)CCN1. The Morgan fingerprint density at radius 3 is 2.52 bits per heavy atom. The van der Waals surface area contributed by atoms with Crippen LogP contribution >= 0.6 is 11.6 Å². The van der Waals surface area contributed by atoms with Crippen molar-refractivity contribution in [3.05, 3.63) is 34.9 Å². The second kappa shape index (κ2) is 5.82. The number of piperazine rings is 1. The van der Waals surface area contributed by atoms with Crippen LogP contribution in [0.4, 0.5) is 8.78 Å². The van der Waals surface area contributed by atoms with Gasteiger partial charge in [0.15, 0.2) is 0 Å². The molecule has 21 heavy (non-hydrogen) atoms. The third-order valence-corrected chi connectivity index (χ3v) is 4.83. The number of hydrogen-bond acceptors (Lipinski definition) is 2. The normalized spacial score (nSPS) is 28.1. The molecule has 1 aliphatic carbocycles. The molecule has 0 amide bonds. The van der Waals surface area contributed by atoms with Crippen molar-refractivity contribution < 1.29 is 8.78 Å². The van der Waals surface area contributed by atoms with Crippen LogP contribution in [0.25, 0.3) is 0 Å². The summed E-state index contributed by atoms with van der Waals surface area (Å²) in [5, 5.41) is 4.09. The average molecular weight is 315 g/mol. The second-order valence-electron chi connectivity index (χ2n) is 6.37. The van der Waals surface area contributed by atoms with Crippen molar-refractivity contribution in [2.24, 2.45) is 5.92 Å². The molecule has 116 valence electrons. The van der Waals surface area contributed by atoms with Gasteiger partial charge in [-0.25, -0.2) is 8.78 Å². The summed E-state index contributed by atoms with van der Waals surface area (Å²) in [6.07, 6.45) is -0.00277. The molecule has 1 saturated heterocycles. The first-order valence-corrected chi connectivity index (χ1v) is 7.93. The third-order valence-electron chi connectivity index (χ3n) is 4.57. The molecule has 1 aromatic rings. The highest BCUT2D eigenvalue weighted by Crippen LogP contribution is 2.50. The first kappa shape index (κ1) is 15.2. The zero-order valence-corrected chi connectivity index (χ0v) is 12.9. The first-order chi connectivity index (χ1) is 9.94. The predicted octanol–water partition coefficient (Wildman–Crippen LogP) is 3.72. The summed E-state index contributed by atoms with van der Waals surface area (Å²) in [5.74, 6) is -2.44. The molecule has 1 aliphatic heterocycles. The van der Waals surface area contributed by atoms with E-state index in [1.807, 2.05) is 24.3 Å². The van der Waals surface area contributed by atoms with Gasteiger partial charge in [-0.3, -0.25) is 4.90 Å². The van der Waals surface area contributed by atoms with E-state index in [0.29, 0.717) is 11.1 Å². The predicted molar refractivity (Wildman–Crippen MR) is 80.9 cm³/mol. The molecule has 1 aromatic carbocycles. The van der Waals surface area contributed by atoms with Crippen molar-refractivity contribution in [1.29, 1.82) is 0 Å². The number of rotatable bonds is 3. The molecular formula is C16H21ClF2N2. The molecule has 0 radical (unpaired) electrons. The Labute approximate surface area is 129 Å². The minimum Gasteiger partial charge on any atom is -0.312 e. The summed E-state index contributed by atoms with van der Waals surface area (Å²) in [6.45, 7) is 4.85. The minimum atomic E-state index is -2.48. The van der Waals surface area contributed by atoms with E-state index in [2.05, 4.69) is 17.1 Å². The summed E-state index contributed by atoms with van der Waals surface area (Å²) in [6, 6.07) is 8.14. The summed E-state index contributed by atoms with van der Waals surface area (Å²) in [5.41, 5.74) is 1.11. The van der Waals surface area contributed by atoms with Gasteiger partial charge in [-0.2, -0.15) is 0 Å². The molecule has 2 atom stereocenters. The molecule has 2 fully saturated rings. The number of benzene rings is 1. The summed E-state index contributed by atoms with van der Waals surface area (Å²) in [4.78, 5) is 2.35. The fourth-order valence-corrected chi connectivity index (χ4v) is 3.71. The molecule has 0 spiro atoms. The van der Waals surface area contributed by atoms with Crippen LogP contribution in [-0.2, 0) is 0 Å². The van der Waals surface area contributed by atoms with Crippen LogP contribution in [0, 0.1) is 5.92 Å². The largest absolute Gasteiger partial charge is 0.312 e. The van der Waals surface area contributed by atoms with E-state index in [0.717, 1.165) is 25.2 Å². The van der Waals surface area contributed by atoms with Crippen LogP contribution in [0.3, 0.4) is 0 Å². The lowest BCUT2D eigenvalue weighted by atomic mass is 9.73. The zero-order valence-electron chi connectivity index (χ0n) is 12.2. The van der Waals surface area contributed by atoms with Crippen LogP contribution in [0.1, 0.15) is 31.4 Å². The topological polar surface area (TPSA) is 15.3 Å². The van der Waals surface area contributed by atoms with E-state index in [1.54, 1.807) is 0 Å². The highest BCUT2D eigenvalue weighted by atomic mass is 35.5. The van der Waals surface area contributed by atoms with Gasteiger partial charge in [0, 0.05) is 49.6 Å². The Morgan fingerprint density at radius 2 is 1.95 bits per heavy atom. The maximum absolute atomic E-state index is 13.3. The lowest BCUT2D eigenvalue weighted by Crippen LogP contribution is -2.54. The van der Waals surface area contributed by atoms with Crippen molar-refractivity contribution in [3.63, 3.8) is 0 Å². The van der Waals surface area contributed by atoms with Gasteiger partial charge in [0.2, 0.25) is 5.92 Å². The summed E-state index contributed by atoms with van der Waals surface area (Å²) in [7, 11) is 0. The Hall–Kier alpha value is -0.710. The molecule has 3 rings (SSSR count). The van der Waals surface area contributed by atoms with Crippen LogP contribution in [-0.4, -0.2) is 36.5 Å². The van der Waals surface area contributed by atoms with Gasteiger partial charge in [0.05, 0.1) is 0 Å². The summed E-state index contributed by atoms with van der Waals surface area (Å²) < 4.78 is 26.6. The number of nitrogens with zero attached hydrogens (tertiary/aromatic N) is 1. The lowest BCUT2D eigenvalue weighted by molar-refractivity contribution is -0.134. The molecule has 2 unspecified atom stereocenters. The molecule has 0 aromatic heterocycles. The van der Waals surface area contributed by atoms with Crippen molar-refractivity contribution >= 4 is 11.6 Å². The van der Waals surface area contributed by atoms with Crippen molar-refractivity contribution in [2.75, 3.05) is 19.6 Å². The Kier molecular flexibility index (Phi) is 4.21. The monoisotopic (exact) mass is 314 g/mol. The lowest BCUT2D eigenvalue weighted by Gasteiger charge is -2.47. The zero-order chi connectivity index (χ0) is 15.0. The van der Waals surface area contributed by atoms with Crippen LogP contribution in [0.5, 0.6) is 0 Å². The Balaban J connectivity index is 1.82. The number of nitrogens with one attached hydrogen (secondary N) is 1. The van der Waals surface area contributed by atoms with E-state index in [9.17, 15) is 8.78 Å². The number of hydrogen-bond donors (Lipinski definition) is 1. The van der Waals surface area contributed by atoms with E-state index < -0.39 is 5.92 Å². The first-order valence-electron chi connectivity index (χ1n) is 7.55. The smallest absolute Gasteiger partial charge is 0.248 e. The standard InChI is InChI=1S/C16H21ClF2N2/c1-11-10-21(7-6-20-11)15(13-8-16(18,19)9-13)12-2-4-14(17)5-3-12/h2-5,11,13,15,20H,6-10H2,1H3. The van der Waals surface area contributed by atoms with Gasteiger partial charge in [-0.05, 0) is 30.5 Å². The molecule has 1 heterocycles. The molecule has 1 saturated carbocycles. The summed E-state index contributed by atoms with van der Waals surface area (Å²) >= 11 is 5.95. The van der Waals surface area contributed by atoms with Crippen LogP contribution in [0.15, 0.2) is 24.3 Å². The highest BCUT2D eigenvalue weighted by molar-refractivity contribution is 6.30. The molecular weight excluding hydrogens is 294 g/mol. The molecule has 2 nitrogen and oxygen atoms in total. The molecule has 2 aliphatic rings. The van der Waals surface area contributed by atoms with Gasteiger partial charge in [-0.15, -0.1) is 0 Å². The second-order valence-corrected chi connectivity index (χ2v) is 6.81. The molecule has 0 bridgehead atoms. The van der Waals surface area contributed by atoms with Gasteiger partial charge in [0.1, 0.15) is 0 Å². The number of halogens is 3. The fraction of sp³-hybridized carbons (Fsp3) is 0.625. The quantitative estimate of drug-likeness (QED) is 0.914. The maximum atomic E-state index is 13.3. The van der Waals surface area contributed by atoms with Crippen LogP contribution in [0.2, 0.25) is 5.02 Å². The van der Waals surface area contributed by atoms with E-state index in [-0.39, 0.29) is 24.8 Å². The fourth-order valence-electron chi connectivity index (χ4n) is 3.59. The molecule has 5 heteroatoms. The van der Waals surface area contributed by atoms with E-state index >= 15 is 0 Å². The van der Waals surface area contributed by atoms with Crippen molar-refractivity contribution in [2.45, 2.75) is 37.8 Å². The Morgan fingerprint density at radius 1 is 1.29 bits per heavy atom. The van der Waals surface area contributed by atoms with Crippen molar-refractivity contribution in [3.8, 4) is 0 Å². The number of alkyl halides is 2. The highest BCUT2D eigenvalue weighted by Gasteiger charge is 2.50. The van der Waals surface area contributed by atoms with Crippen LogP contribution < -0.4 is 5.32 Å². The van der Waals surface area contributed by atoms with Gasteiger partial charge in [-0.1, -0.05) is 23.7 Å². The van der Waals surface area contributed by atoms with E-state index in [1.165, 1.54) is 0 Å². The molecule has 1 N–H and O–H groups in total. The van der Waals surface area contributed by atoms with Crippen molar-refractivity contribution in [1.82, 2.24) is 10.2 Å². The maximum Gasteiger partial charge on any atom is 0.248 e. The van der Waals surface area contributed by atoms with Gasteiger partial charge < -0.3 is 5.32 Å². The van der Waals surface area contributed by atoms with Gasteiger partial charge >= 0.3 is 0 Å². The third kappa shape index (κ3) is 3.38. The Bertz CT molecular complexity index is 484.